The summed E-state index contributed by atoms with van der Waals surface area (Å²) >= 11 is 8.46. The molecule has 100 valence electrons. The second kappa shape index (κ2) is 6.06. The molecule has 1 aromatic heterocycles. The predicted octanol–water partition coefficient (Wildman–Crippen LogP) is 4.58. The summed E-state index contributed by atoms with van der Waals surface area (Å²) in [6.45, 7) is 2.27. The van der Waals surface area contributed by atoms with Crippen molar-refractivity contribution >= 4 is 49.1 Å². The molecular formula is C13H17Br2NOS. The molecule has 0 saturated heterocycles. The van der Waals surface area contributed by atoms with Crippen LogP contribution in [0.25, 0.3) is 0 Å². The Bertz CT molecular complexity index is 434. The highest BCUT2D eigenvalue weighted by Gasteiger charge is 2.35. The number of carbonyl (C=O) groups is 1. The van der Waals surface area contributed by atoms with E-state index in [0.29, 0.717) is 5.92 Å². The lowest BCUT2D eigenvalue weighted by Crippen LogP contribution is -2.52. The van der Waals surface area contributed by atoms with Gasteiger partial charge < -0.3 is 5.32 Å². The minimum Gasteiger partial charge on any atom is -0.345 e. The van der Waals surface area contributed by atoms with Crippen molar-refractivity contribution < 1.29 is 4.79 Å². The fourth-order valence-electron chi connectivity index (χ4n) is 2.67. The highest BCUT2D eigenvalue weighted by atomic mass is 79.9. The molecule has 1 aromatic rings. The number of alkyl halides is 1. The van der Waals surface area contributed by atoms with Crippen LogP contribution in [0.4, 0.5) is 0 Å². The zero-order valence-electron chi connectivity index (χ0n) is 10.3. The van der Waals surface area contributed by atoms with Crippen molar-refractivity contribution in [2.45, 2.75) is 38.1 Å². The van der Waals surface area contributed by atoms with Gasteiger partial charge in [-0.25, -0.2) is 0 Å². The molecule has 0 bridgehead atoms. The first-order valence-corrected chi connectivity index (χ1v) is 8.91. The van der Waals surface area contributed by atoms with Crippen molar-refractivity contribution in [1.82, 2.24) is 5.32 Å². The topological polar surface area (TPSA) is 29.1 Å². The third-order valence-electron chi connectivity index (χ3n) is 3.52. The van der Waals surface area contributed by atoms with Gasteiger partial charge in [0, 0.05) is 5.33 Å². The van der Waals surface area contributed by atoms with E-state index in [0.717, 1.165) is 26.8 Å². The van der Waals surface area contributed by atoms with Crippen LogP contribution in [0.15, 0.2) is 15.9 Å². The van der Waals surface area contributed by atoms with Crippen molar-refractivity contribution in [3.63, 3.8) is 0 Å². The van der Waals surface area contributed by atoms with Gasteiger partial charge in [0.15, 0.2) is 0 Å². The van der Waals surface area contributed by atoms with E-state index < -0.39 is 0 Å². The molecule has 2 unspecified atom stereocenters. The molecule has 1 aliphatic rings. The highest BCUT2D eigenvalue weighted by molar-refractivity contribution is 9.11. The number of carbonyl (C=O) groups excluding carboxylic acids is 1. The maximum atomic E-state index is 12.3. The molecule has 2 nitrogen and oxygen atoms in total. The van der Waals surface area contributed by atoms with Gasteiger partial charge in [0.25, 0.3) is 5.91 Å². The molecule has 2 rings (SSSR count). The standard InChI is InChI=1S/C13H17Br2NOS/c1-9-3-2-6-13(7-9,8-14)16-12(17)10-4-5-11(15)18-10/h4-5,9H,2-3,6-8H2,1H3,(H,16,17). The number of halogens is 2. The van der Waals surface area contributed by atoms with E-state index in [9.17, 15) is 4.79 Å². The summed E-state index contributed by atoms with van der Waals surface area (Å²) in [5.74, 6) is 0.742. The molecule has 0 spiro atoms. The lowest BCUT2D eigenvalue weighted by Gasteiger charge is -2.39. The van der Waals surface area contributed by atoms with Crippen LogP contribution < -0.4 is 5.32 Å². The Morgan fingerprint density at radius 3 is 2.94 bits per heavy atom. The van der Waals surface area contributed by atoms with Crippen LogP contribution in [0.3, 0.4) is 0 Å². The van der Waals surface area contributed by atoms with Gasteiger partial charge in [-0.1, -0.05) is 35.7 Å². The van der Waals surface area contributed by atoms with Crippen LogP contribution in [0.1, 0.15) is 42.3 Å². The summed E-state index contributed by atoms with van der Waals surface area (Å²) in [7, 11) is 0. The smallest absolute Gasteiger partial charge is 0.261 e. The zero-order valence-corrected chi connectivity index (χ0v) is 14.3. The van der Waals surface area contributed by atoms with Crippen molar-refractivity contribution in [3.05, 3.63) is 20.8 Å². The number of hydrogen-bond donors (Lipinski definition) is 1. The average Bonchev–Trinajstić information content (AvgIpc) is 2.76. The first-order chi connectivity index (χ1) is 8.54. The normalized spacial score (nSPS) is 28.1. The van der Waals surface area contributed by atoms with Crippen molar-refractivity contribution in [2.75, 3.05) is 5.33 Å². The van der Waals surface area contributed by atoms with Crippen LogP contribution in [0.2, 0.25) is 0 Å². The van der Waals surface area contributed by atoms with Crippen molar-refractivity contribution in [1.29, 1.82) is 0 Å². The Kier molecular flexibility index (Phi) is 4.89. The highest BCUT2D eigenvalue weighted by Crippen LogP contribution is 2.34. The van der Waals surface area contributed by atoms with Crippen LogP contribution in [0, 0.1) is 5.92 Å². The Morgan fingerprint density at radius 2 is 2.39 bits per heavy atom. The van der Waals surface area contributed by atoms with Gasteiger partial charge in [-0.3, -0.25) is 4.79 Å². The van der Waals surface area contributed by atoms with Gasteiger partial charge in [-0.05, 0) is 46.8 Å². The minimum atomic E-state index is -0.0643. The molecule has 0 radical (unpaired) electrons. The summed E-state index contributed by atoms with van der Waals surface area (Å²) < 4.78 is 0.998. The number of rotatable bonds is 3. The van der Waals surface area contributed by atoms with Crippen LogP contribution in [0.5, 0.6) is 0 Å². The van der Waals surface area contributed by atoms with Crippen molar-refractivity contribution in [2.24, 2.45) is 5.92 Å². The first kappa shape index (κ1) is 14.5. The van der Waals surface area contributed by atoms with E-state index >= 15 is 0 Å². The number of thiophene rings is 1. The molecule has 1 aliphatic carbocycles. The minimum absolute atomic E-state index is 0.0549. The fourth-order valence-corrected chi connectivity index (χ4v) is 4.60. The molecule has 1 saturated carbocycles. The third kappa shape index (κ3) is 3.36. The molecule has 1 fully saturated rings. The van der Waals surface area contributed by atoms with Crippen LogP contribution in [-0.2, 0) is 0 Å². The van der Waals surface area contributed by atoms with Crippen molar-refractivity contribution in [3.8, 4) is 0 Å². The van der Waals surface area contributed by atoms with Gasteiger partial charge in [0.2, 0.25) is 0 Å². The fraction of sp³-hybridized carbons (Fsp3) is 0.615. The van der Waals surface area contributed by atoms with Gasteiger partial charge in [-0.2, -0.15) is 0 Å². The van der Waals surface area contributed by atoms with Crippen LogP contribution >= 0.6 is 43.2 Å². The van der Waals surface area contributed by atoms with E-state index in [2.05, 4.69) is 44.1 Å². The molecule has 0 aromatic carbocycles. The Labute approximate surface area is 129 Å². The largest absolute Gasteiger partial charge is 0.345 e. The second-order valence-electron chi connectivity index (χ2n) is 5.17. The molecule has 1 amide bonds. The maximum Gasteiger partial charge on any atom is 0.261 e. The number of hydrogen-bond acceptors (Lipinski definition) is 2. The lowest BCUT2D eigenvalue weighted by atomic mass is 9.77. The summed E-state index contributed by atoms with van der Waals surface area (Å²) in [6.07, 6.45) is 4.60. The summed E-state index contributed by atoms with van der Waals surface area (Å²) in [5.41, 5.74) is -0.0643. The third-order valence-corrected chi connectivity index (χ3v) is 6.22. The monoisotopic (exact) mass is 393 g/mol. The average molecular weight is 395 g/mol. The molecular weight excluding hydrogens is 378 g/mol. The van der Waals surface area contributed by atoms with Crippen LogP contribution in [-0.4, -0.2) is 16.8 Å². The van der Waals surface area contributed by atoms with E-state index in [1.165, 1.54) is 24.2 Å². The van der Waals surface area contributed by atoms with Gasteiger partial charge in [0.05, 0.1) is 14.2 Å². The molecule has 1 heterocycles. The zero-order chi connectivity index (χ0) is 13.2. The van der Waals surface area contributed by atoms with E-state index in [1.54, 1.807) is 0 Å². The number of amides is 1. The van der Waals surface area contributed by atoms with Gasteiger partial charge in [0.1, 0.15) is 0 Å². The molecule has 1 N–H and O–H groups in total. The summed E-state index contributed by atoms with van der Waals surface area (Å²) in [6, 6.07) is 3.79. The Hall–Kier alpha value is 0.130. The second-order valence-corrected chi connectivity index (χ2v) is 8.20. The molecule has 2 atom stereocenters. The number of nitrogens with one attached hydrogen (secondary N) is 1. The molecule has 18 heavy (non-hydrogen) atoms. The van der Waals surface area contributed by atoms with Gasteiger partial charge in [-0.15, -0.1) is 11.3 Å². The van der Waals surface area contributed by atoms with Gasteiger partial charge >= 0.3 is 0 Å². The lowest BCUT2D eigenvalue weighted by molar-refractivity contribution is 0.0874. The molecule has 5 heteroatoms. The maximum absolute atomic E-state index is 12.3. The first-order valence-electron chi connectivity index (χ1n) is 6.18. The SMILES string of the molecule is CC1CCCC(CBr)(NC(=O)c2ccc(Br)s2)C1. The van der Waals surface area contributed by atoms with E-state index in [4.69, 9.17) is 0 Å². The quantitative estimate of drug-likeness (QED) is 0.746. The van der Waals surface area contributed by atoms with E-state index in [-0.39, 0.29) is 11.4 Å². The summed E-state index contributed by atoms with van der Waals surface area (Å²) in [4.78, 5) is 13.0. The molecule has 0 aliphatic heterocycles. The Morgan fingerprint density at radius 1 is 1.61 bits per heavy atom. The van der Waals surface area contributed by atoms with E-state index in [1.807, 2.05) is 12.1 Å². The summed E-state index contributed by atoms with van der Waals surface area (Å²) in [5, 5.41) is 4.08. The predicted molar refractivity (Wildman–Crippen MR) is 83.6 cm³/mol. The Balaban J connectivity index is 2.08.